The smallest absolute Gasteiger partial charge is 0.170 e. The largest absolute Gasteiger partial charge is 0.338 e. The first-order valence-corrected chi connectivity index (χ1v) is 9.08. The Balaban J connectivity index is 1.68. The number of imidazole rings is 1. The number of aromatic nitrogens is 4. The molecule has 4 rings (SSSR count). The maximum Gasteiger partial charge on any atom is 0.170 e. The number of halogens is 1. The van der Waals surface area contributed by atoms with Crippen molar-refractivity contribution in [2.24, 2.45) is 0 Å². The van der Waals surface area contributed by atoms with Crippen LogP contribution in [0.4, 0.5) is 11.5 Å². The second kappa shape index (κ2) is 6.95. The molecule has 6 nitrogen and oxygen atoms in total. The molecule has 0 spiro atoms. The van der Waals surface area contributed by atoms with Crippen LogP contribution in [0.25, 0.3) is 16.9 Å². The SMILES string of the molecule is CC(C)(C#N)c1ccc(Nc2ncnc3c2ncn3-c2cccc(Cl)c2)cc1. The Bertz CT molecular complexity index is 1190. The molecule has 0 unspecified atom stereocenters. The fourth-order valence-electron chi connectivity index (χ4n) is 2.91. The van der Waals surface area contributed by atoms with Crippen LogP contribution in [0.1, 0.15) is 19.4 Å². The molecule has 4 aromatic rings. The molecule has 138 valence electrons. The quantitative estimate of drug-likeness (QED) is 0.531. The molecule has 2 heterocycles. The molecule has 0 atom stereocenters. The summed E-state index contributed by atoms with van der Waals surface area (Å²) in [6, 6.07) is 17.5. The third-order valence-corrected chi connectivity index (χ3v) is 4.80. The van der Waals surface area contributed by atoms with E-state index in [1.165, 1.54) is 6.33 Å². The van der Waals surface area contributed by atoms with Crippen molar-refractivity contribution in [1.82, 2.24) is 19.5 Å². The Morgan fingerprint density at radius 1 is 1.07 bits per heavy atom. The van der Waals surface area contributed by atoms with Crippen molar-refractivity contribution in [2.75, 3.05) is 5.32 Å². The van der Waals surface area contributed by atoms with Crippen LogP contribution in [0.2, 0.25) is 5.02 Å². The predicted octanol–water partition coefficient (Wildman–Crippen LogP) is 5.01. The zero-order valence-corrected chi connectivity index (χ0v) is 16.1. The van der Waals surface area contributed by atoms with Crippen molar-refractivity contribution in [3.05, 3.63) is 71.8 Å². The fraction of sp³-hybridized carbons (Fsp3) is 0.143. The summed E-state index contributed by atoms with van der Waals surface area (Å²) in [7, 11) is 0. The van der Waals surface area contributed by atoms with Gasteiger partial charge in [-0.1, -0.05) is 29.8 Å². The maximum absolute atomic E-state index is 9.28. The molecule has 0 aliphatic carbocycles. The number of benzene rings is 2. The highest BCUT2D eigenvalue weighted by atomic mass is 35.5. The lowest BCUT2D eigenvalue weighted by molar-refractivity contribution is 0.687. The molecule has 0 saturated carbocycles. The van der Waals surface area contributed by atoms with E-state index in [9.17, 15) is 5.26 Å². The van der Waals surface area contributed by atoms with E-state index in [1.807, 2.05) is 66.9 Å². The van der Waals surface area contributed by atoms with Crippen LogP contribution in [0.5, 0.6) is 0 Å². The second-order valence-electron chi connectivity index (χ2n) is 6.93. The molecule has 2 aromatic heterocycles. The molecule has 0 radical (unpaired) electrons. The van der Waals surface area contributed by atoms with E-state index in [4.69, 9.17) is 11.6 Å². The summed E-state index contributed by atoms with van der Waals surface area (Å²) in [5.41, 5.74) is 3.50. The van der Waals surface area contributed by atoms with E-state index in [0.29, 0.717) is 22.0 Å². The molecular weight excluding hydrogens is 372 g/mol. The van der Waals surface area contributed by atoms with Gasteiger partial charge in [-0.05, 0) is 49.7 Å². The van der Waals surface area contributed by atoms with E-state index in [2.05, 4.69) is 26.3 Å². The van der Waals surface area contributed by atoms with Gasteiger partial charge >= 0.3 is 0 Å². The Kier molecular flexibility index (Phi) is 4.46. The first-order chi connectivity index (χ1) is 13.5. The first kappa shape index (κ1) is 18.0. The van der Waals surface area contributed by atoms with Gasteiger partial charge in [0.15, 0.2) is 17.0 Å². The van der Waals surface area contributed by atoms with Crippen molar-refractivity contribution in [3.63, 3.8) is 0 Å². The zero-order valence-electron chi connectivity index (χ0n) is 15.4. The molecule has 2 aromatic carbocycles. The van der Waals surface area contributed by atoms with Crippen molar-refractivity contribution >= 4 is 34.3 Å². The molecular formula is C21H17ClN6. The summed E-state index contributed by atoms with van der Waals surface area (Å²) in [5, 5.41) is 13.2. The van der Waals surface area contributed by atoms with Gasteiger partial charge in [0.05, 0.1) is 17.2 Å². The number of fused-ring (bicyclic) bond motifs is 1. The molecule has 7 heteroatoms. The average Bonchev–Trinajstić information content (AvgIpc) is 3.14. The summed E-state index contributed by atoms with van der Waals surface area (Å²) in [4.78, 5) is 13.2. The van der Waals surface area contributed by atoms with Gasteiger partial charge in [0, 0.05) is 10.7 Å². The van der Waals surface area contributed by atoms with Gasteiger partial charge in [0.2, 0.25) is 0 Å². The monoisotopic (exact) mass is 388 g/mol. The normalized spacial score (nSPS) is 11.4. The van der Waals surface area contributed by atoms with Gasteiger partial charge < -0.3 is 5.32 Å². The lowest BCUT2D eigenvalue weighted by Gasteiger charge is -2.16. The average molecular weight is 389 g/mol. The second-order valence-corrected chi connectivity index (χ2v) is 7.36. The van der Waals surface area contributed by atoms with Crippen LogP contribution < -0.4 is 5.32 Å². The Labute approximate surface area is 167 Å². The van der Waals surface area contributed by atoms with Crippen molar-refractivity contribution in [2.45, 2.75) is 19.3 Å². The van der Waals surface area contributed by atoms with Crippen LogP contribution >= 0.6 is 11.6 Å². The van der Waals surface area contributed by atoms with Crippen LogP contribution in [-0.2, 0) is 5.41 Å². The highest BCUT2D eigenvalue weighted by Crippen LogP contribution is 2.27. The standard InChI is InChI=1S/C21H17ClN6/c1-21(2,11-23)14-6-8-16(9-7-14)27-19-18-20(25-12-24-19)28(13-26-18)17-5-3-4-15(22)10-17/h3-10,12-13H,1-2H3,(H,24,25,27). The van der Waals surface area contributed by atoms with Gasteiger partial charge in [-0.3, -0.25) is 4.57 Å². The number of nitriles is 1. The van der Waals surface area contributed by atoms with Crippen molar-refractivity contribution in [3.8, 4) is 11.8 Å². The van der Waals surface area contributed by atoms with E-state index in [-0.39, 0.29) is 0 Å². The molecule has 1 N–H and O–H groups in total. The topological polar surface area (TPSA) is 79.4 Å². The molecule has 0 saturated heterocycles. The van der Waals surface area contributed by atoms with E-state index >= 15 is 0 Å². The lowest BCUT2D eigenvalue weighted by Crippen LogP contribution is -2.13. The summed E-state index contributed by atoms with van der Waals surface area (Å²) in [6.45, 7) is 3.79. The fourth-order valence-corrected chi connectivity index (χ4v) is 3.10. The molecule has 0 aliphatic heterocycles. The van der Waals surface area contributed by atoms with Crippen molar-refractivity contribution < 1.29 is 0 Å². The lowest BCUT2D eigenvalue weighted by atomic mass is 9.86. The molecule has 0 bridgehead atoms. The van der Waals surface area contributed by atoms with Crippen molar-refractivity contribution in [1.29, 1.82) is 5.26 Å². The molecule has 0 aliphatic rings. The number of hydrogen-bond donors (Lipinski definition) is 1. The Hall–Kier alpha value is -3.43. The Morgan fingerprint density at radius 3 is 2.57 bits per heavy atom. The molecule has 28 heavy (non-hydrogen) atoms. The van der Waals surface area contributed by atoms with Crippen LogP contribution in [0, 0.1) is 11.3 Å². The third-order valence-electron chi connectivity index (χ3n) is 4.57. The van der Waals surface area contributed by atoms with Gasteiger partial charge in [0.25, 0.3) is 0 Å². The molecule has 0 amide bonds. The number of anilines is 2. The van der Waals surface area contributed by atoms with Crippen LogP contribution in [0.3, 0.4) is 0 Å². The summed E-state index contributed by atoms with van der Waals surface area (Å²) in [5.74, 6) is 0.609. The summed E-state index contributed by atoms with van der Waals surface area (Å²) < 4.78 is 1.87. The Morgan fingerprint density at radius 2 is 1.86 bits per heavy atom. The van der Waals surface area contributed by atoms with Crippen LogP contribution in [-0.4, -0.2) is 19.5 Å². The highest BCUT2D eigenvalue weighted by molar-refractivity contribution is 6.30. The number of nitrogens with one attached hydrogen (secondary N) is 1. The van der Waals surface area contributed by atoms with Gasteiger partial charge in [-0.15, -0.1) is 0 Å². The first-order valence-electron chi connectivity index (χ1n) is 8.71. The van der Waals surface area contributed by atoms with E-state index < -0.39 is 5.41 Å². The molecule has 0 fully saturated rings. The number of hydrogen-bond acceptors (Lipinski definition) is 5. The minimum absolute atomic E-state index is 0.531. The number of nitrogens with zero attached hydrogens (tertiary/aromatic N) is 5. The van der Waals surface area contributed by atoms with Gasteiger partial charge in [0.1, 0.15) is 12.7 Å². The van der Waals surface area contributed by atoms with E-state index in [1.54, 1.807) is 6.33 Å². The summed E-state index contributed by atoms with van der Waals surface area (Å²) in [6.07, 6.45) is 3.20. The van der Waals surface area contributed by atoms with Gasteiger partial charge in [-0.2, -0.15) is 5.26 Å². The number of rotatable bonds is 4. The predicted molar refractivity (Wildman–Crippen MR) is 110 cm³/mol. The minimum Gasteiger partial charge on any atom is -0.338 e. The zero-order chi connectivity index (χ0) is 19.7. The van der Waals surface area contributed by atoms with Gasteiger partial charge in [-0.25, -0.2) is 15.0 Å². The van der Waals surface area contributed by atoms with E-state index in [0.717, 1.165) is 16.9 Å². The van der Waals surface area contributed by atoms with Crippen LogP contribution in [0.15, 0.2) is 61.2 Å². The summed E-state index contributed by atoms with van der Waals surface area (Å²) >= 11 is 6.11. The minimum atomic E-state index is -0.531. The maximum atomic E-state index is 9.28. The highest BCUT2D eigenvalue weighted by Gasteiger charge is 2.19. The third kappa shape index (κ3) is 3.28.